The van der Waals surface area contributed by atoms with Gasteiger partial charge in [0.25, 0.3) is 5.91 Å². The van der Waals surface area contributed by atoms with Gasteiger partial charge in [-0.2, -0.15) is 5.10 Å². The standard InChI is InChI=1S/C25H20FN5O/c26-20-5-3-4-18(16-20)19-7-8-22-9-10-24(30(22)17-19)31-15-12-23(29-31)25(32)28-14-11-21-6-1-2-13-27-21/h1-10,12-13,15-17H,11,14H2,(H,28,32). The van der Waals surface area contributed by atoms with E-state index in [1.54, 1.807) is 29.2 Å². The molecule has 0 unspecified atom stereocenters. The smallest absolute Gasteiger partial charge is 0.271 e. The average molecular weight is 425 g/mol. The molecule has 7 heteroatoms. The van der Waals surface area contributed by atoms with Crippen molar-refractivity contribution in [3.8, 4) is 16.9 Å². The van der Waals surface area contributed by atoms with Gasteiger partial charge in [0.2, 0.25) is 0 Å². The van der Waals surface area contributed by atoms with Gasteiger partial charge in [0.1, 0.15) is 11.6 Å². The topological polar surface area (TPSA) is 64.2 Å². The zero-order chi connectivity index (χ0) is 21.9. The molecule has 0 aliphatic heterocycles. The molecule has 0 bridgehead atoms. The largest absolute Gasteiger partial charge is 0.350 e. The molecule has 32 heavy (non-hydrogen) atoms. The first-order valence-corrected chi connectivity index (χ1v) is 10.3. The van der Waals surface area contributed by atoms with Gasteiger partial charge in [0.05, 0.1) is 0 Å². The zero-order valence-electron chi connectivity index (χ0n) is 17.1. The first-order chi connectivity index (χ1) is 15.7. The fourth-order valence-electron chi connectivity index (χ4n) is 3.63. The first kappa shape index (κ1) is 19.7. The monoisotopic (exact) mass is 425 g/mol. The summed E-state index contributed by atoms with van der Waals surface area (Å²) < 4.78 is 17.3. The molecular formula is C25H20FN5O. The van der Waals surface area contributed by atoms with Crippen LogP contribution in [0.4, 0.5) is 4.39 Å². The van der Waals surface area contributed by atoms with E-state index >= 15 is 0 Å². The molecule has 0 saturated carbocycles. The fourth-order valence-corrected chi connectivity index (χ4v) is 3.63. The molecule has 1 N–H and O–H groups in total. The van der Waals surface area contributed by atoms with Crippen LogP contribution in [0, 0.1) is 5.82 Å². The van der Waals surface area contributed by atoms with E-state index in [0.717, 1.165) is 28.2 Å². The van der Waals surface area contributed by atoms with Gasteiger partial charge in [-0.1, -0.05) is 24.3 Å². The third-order valence-electron chi connectivity index (χ3n) is 5.24. The maximum absolute atomic E-state index is 13.7. The first-order valence-electron chi connectivity index (χ1n) is 10.3. The molecule has 0 fully saturated rings. The fraction of sp³-hybridized carbons (Fsp3) is 0.0800. The van der Waals surface area contributed by atoms with E-state index < -0.39 is 0 Å². The van der Waals surface area contributed by atoms with Crippen molar-refractivity contribution >= 4 is 11.4 Å². The number of pyridine rings is 2. The second kappa shape index (κ2) is 8.47. The van der Waals surface area contributed by atoms with Gasteiger partial charge in [-0.3, -0.25) is 9.78 Å². The Bertz CT molecular complexity index is 1390. The Morgan fingerprint density at radius 1 is 0.969 bits per heavy atom. The van der Waals surface area contributed by atoms with E-state index in [1.165, 1.54) is 12.1 Å². The van der Waals surface area contributed by atoms with Gasteiger partial charge in [-0.25, -0.2) is 9.07 Å². The number of hydrogen-bond donors (Lipinski definition) is 1. The average Bonchev–Trinajstić information content (AvgIpc) is 3.46. The predicted octanol–water partition coefficient (Wildman–Crippen LogP) is 4.30. The normalized spacial score (nSPS) is 11.0. The molecule has 0 atom stereocenters. The number of benzene rings is 1. The second-order valence-electron chi connectivity index (χ2n) is 7.39. The van der Waals surface area contributed by atoms with Crippen LogP contribution in [-0.2, 0) is 6.42 Å². The number of nitrogens with zero attached hydrogens (tertiary/aromatic N) is 4. The van der Waals surface area contributed by atoms with Gasteiger partial charge < -0.3 is 9.72 Å². The van der Waals surface area contributed by atoms with E-state index in [4.69, 9.17) is 0 Å². The molecule has 4 heterocycles. The number of nitrogens with one attached hydrogen (secondary N) is 1. The van der Waals surface area contributed by atoms with Crippen LogP contribution in [0.1, 0.15) is 16.2 Å². The molecule has 0 aliphatic carbocycles. The number of hydrogen-bond acceptors (Lipinski definition) is 3. The third-order valence-corrected chi connectivity index (χ3v) is 5.24. The van der Waals surface area contributed by atoms with Gasteiger partial charge in [0.15, 0.2) is 5.69 Å². The molecule has 1 aromatic carbocycles. The van der Waals surface area contributed by atoms with Crippen molar-refractivity contribution in [2.24, 2.45) is 0 Å². The van der Waals surface area contributed by atoms with Crippen LogP contribution >= 0.6 is 0 Å². The molecule has 0 aliphatic rings. The second-order valence-corrected chi connectivity index (χ2v) is 7.39. The number of carbonyl (C=O) groups is 1. The lowest BCUT2D eigenvalue weighted by atomic mass is 10.1. The van der Waals surface area contributed by atoms with E-state index in [-0.39, 0.29) is 11.7 Å². The number of carbonyl (C=O) groups excluding carboxylic acids is 1. The minimum Gasteiger partial charge on any atom is -0.350 e. The summed E-state index contributed by atoms with van der Waals surface area (Å²) in [5, 5.41) is 7.34. The lowest BCUT2D eigenvalue weighted by Gasteiger charge is -2.07. The molecular weight excluding hydrogens is 405 g/mol. The summed E-state index contributed by atoms with van der Waals surface area (Å²) in [7, 11) is 0. The van der Waals surface area contributed by atoms with Gasteiger partial charge in [-0.15, -0.1) is 0 Å². The summed E-state index contributed by atoms with van der Waals surface area (Å²) in [6.45, 7) is 0.480. The van der Waals surface area contributed by atoms with Crippen molar-refractivity contribution in [2.45, 2.75) is 6.42 Å². The van der Waals surface area contributed by atoms with Crippen LogP contribution in [0.3, 0.4) is 0 Å². The maximum Gasteiger partial charge on any atom is 0.271 e. The number of aromatic nitrogens is 4. The zero-order valence-corrected chi connectivity index (χ0v) is 17.1. The van der Waals surface area contributed by atoms with Crippen molar-refractivity contribution in [3.05, 3.63) is 109 Å². The highest BCUT2D eigenvalue weighted by atomic mass is 19.1. The van der Waals surface area contributed by atoms with Crippen molar-refractivity contribution < 1.29 is 9.18 Å². The van der Waals surface area contributed by atoms with Crippen LogP contribution < -0.4 is 5.32 Å². The van der Waals surface area contributed by atoms with Crippen molar-refractivity contribution in [3.63, 3.8) is 0 Å². The maximum atomic E-state index is 13.7. The highest BCUT2D eigenvalue weighted by Gasteiger charge is 2.12. The minimum atomic E-state index is -0.277. The van der Waals surface area contributed by atoms with Crippen LogP contribution in [0.5, 0.6) is 0 Å². The van der Waals surface area contributed by atoms with Crippen molar-refractivity contribution in [2.75, 3.05) is 6.54 Å². The van der Waals surface area contributed by atoms with E-state index in [0.29, 0.717) is 18.7 Å². The molecule has 0 spiro atoms. The Labute approximate surface area is 184 Å². The number of amides is 1. The Hall–Kier alpha value is -4.26. The Morgan fingerprint density at radius 2 is 1.88 bits per heavy atom. The molecule has 0 radical (unpaired) electrons. The summed E-state index contributed by atoms with van der Waals surface area (Å²) in [4.78, 5) is 16.8. The summed E-state index contributed by atoms with van der Waals surface area (Å²) in [6, 6.07) is 21.7. The van der Waals surface area contributed by atoms with Crippen LogP contribution in [0.25, 0.3) is 22.5 Å². The van der Waals surface area contributed by atoms with Crippen LogP contribution in [-0.4, -0.2) is 31.6 Å². The number of fused-ring (bicyclic) bond motifs is 1. The highest BCUT2D eigenvalue weighted by molar-refractivity contribution is 5.92. The molecule has 1 amide bonds. The van der Waals surface area contributed by atoms with Crippen molar-refractivity contribution in [1.82, 2.24) is 24.5 Å². The summed E-state index contributed by atoms with van der Waals surface area (Å²) in [6.07, 6.45) is 6.08. The Kier molecular flexibility index (Phi) is 5.21. The SMILES string of the molecule is O=C(NCCc1ccccn1)c1ccn(-c2ccc3ccc(-c4cccc(F)c4)cn23)n1. The Balaban J connectivity index is 1.35. The minimum absolute atomic E-state index is 0.235. The molecule has 0 saturated heterocycles. The van der Waals surface area contributed by atoms with Gasteiger partial charge in [0, 0.05) is 42.8 Å². The highest BCUT2D eigenvalue weighted by Crippen LogP contribution is 2.23. The summed E-state index contributed by atoms with van der Waals surface area (Å²) in [5.41, 5.74) is 3.90. The lowest BCUT2D eigenvalue weighted by molar-refractivity contribution is 0.0948. The van der Waals surface area contributed by atoms with E-state index in [1.807, 2.05) is 59.1 Å². The van der Waals surface area contributed by atoms with E-state index in [2.05, 4.69) is 15.4 Å². The number of rotatable bonds is 6. The van der Waals surface area contributed by atoms with E-state index in [9.17, 15) is 9.18 Å². The van der Waals surface area contributed by atoms with Crippen LogP contribution in [0.2, 0.25) is 0 Å². The quantitative estimate of drug-likeness (QED) is 0.441. The number of halogens is 1. The van der Waals surface area contributed by atoms with Crippen molar-refractivity contribution in [1.29, 1.82) is 0 Å². The van der Waals surface area contributed by atoms with Crippen LogP contribution in [0.15, 0.2) is 91.4 Å². The Morgan fingerprint density at radius 3 is 2.72 bits per heavy atom. The molecule has 5 rings (SSSR count). The molecule has 4 aromatic heterocycles. The van der Waals surface area contributed by atoms with Gasteiger partial charge in [-0.05, 0) is 59.7 Å². The third kappa shape index (κ3) is 4.00. The lowest BCUT2D eigenvalue weighted by Crippen LogP contribution is -2.26. The summed E-state index contributed by atoms with van der Waals surface area (Å²) >= 11 is 0. The predicted molar refractivity (Wildman–Crippen MR) is 120 cm³/mol. The molecule has 158 valence electrons. The van der Waals surface area contributed by atoms with Gasteiger partial charge >= 0.3 is 0 Å². The summed E-state index contributed by atoms with van der Waals surface area (Å²) in [5.74, 6) is 0.271. The molecule has 6 nitrogen and oxygen atoms in total. The molecule has 5 aromatic rings.